The number of piperazine rings is 1. The Morgan fingerprint density at radius 1 is 1.00 bits per heavy atom. The average Bonchev–Trinajstić information content (AvgIpc) is 3.30. The van der Waals surface area contributed by atoms with Gasteiger partial charge in [0.2, 0.25) is 0 Å². The minimum Gasteiger partial charge on any atom is -0.497 e. The minimum atomic E-state index is -0.307. The quantitative estimate of drug-likeness (QED) is 0.735. The molecule has 3 aromatic rings. The highest BCUT2D eigenvalue weighted by molar-refractivity contribution is 6.01. The molecule has 144 valence electrons. The van der Waals surface area contributed by atoms with Crippen molar-refractivity contribution in [1.82, 2.24) is 4.98 Å². The zero-order chi connectivity index (χ0) is 19.3. The number of nitrogens with zero attached hydrogens (tertiary/aromatic N) is 3. The summed E-state index contributed by atoms with van der Waals surface area (Å²) in [6.07, 6.45) is 3.26. The van der Waals surface area contributed by atoms with E-state index in [2.05, 4.69) is 32.2 Å². The van der Waals surface area contributed by atoms with Crippen molar-refractivity contribution in [2.45, 2.75) is 0 Å². The summed E-state index contributed by atoms with van der Waals surface area (Å²) in [5.41, 5.74) is 2.25. The van der Waals surface area contributed by atoms with Gasteiger partial charge in [-0.25, -0.2) is 4.98 Å². The third-order valence-corrected chi connectivity index (χ3v) is 4.82. The lowest BCUT2D eigenvalue weighted by molar-refractivity contribution is 0.0996. The van der Waals surface area contributed by atoms with Gasteiger partial charge in [-0.2, -0.15) is 0 Å². The van der Waals surface area contributed by atoms with Gasteiger partial charge in [-0.05, 0) is 48.5 Å². The lowest BCUT2D eigenvalue weighted by Gasteiger charge is -2.37. The molecule has 1 amide bonds. The van der Waals surface area contributed by atoms with Crippen LogP contribution in [0.2, 0.25) is 0 Å². The largest absolute Gasteiger partial charge is 0.497 e. The van der Waals surface area contributed by atoms with Crippen LogP contribution in [0.5, 0.6) is 5.75 Å². The molecule has 1 aliphatic heterocycles. The lowest BCUT2D eigenvalue weighted by Crippen LogP contribution is -2.46. The fourth-order valence-electron chi connectivity index (χ4n) is 3.25. The predicted octanol–water partition coefficient (Wildman–Crippen LogP) is 3.26. The van der Waals surface area contributed by atoms with Crippen molar-refractivity contribution in [2.75, 3.05) is 48.4 Å². The van der Waals surface area contributed by atoms with Crippen LogP contribution in [-0.4, -0.2) is 44.2 Å². The van der Waals surface area contributed by atoms with E-state index in [4.69, 9.17) is 9.15 Å². The van der Waals surface area contributed by atoms with Crippen molar-refractivity contribution < 1.29 is 13.9 Å². The van der Waals surface area contributed by atoms with Gasteiger partial charge in [0.15, 0.2) is 5.76 Å². The van der Waals surface area contributed by atoms with Crippen LogP contribution in [0, 0.1) is 0 Å². The van der Waals surface area contributed by atoms with Crippen LogP contribution in [0.3, 0.4) is 0 Å². The predicted molar refractivity (Wildman–Crippen MR) is 108 cm³/mol. The monoisotopic (exact) mass is 378 g/mol. The normalized spacial score (nSPS) is 14.0. The molecule has 1 saturated heterocycles. The number of amides is 1. The molecule has 1 N–H and O–H groups in total. The van der Waals surface area contributed by atoms with E-state index >= 15 is 0 Å². The molecule has 0 unspecified atom stereocenters. The van der Waals surface area contributed by atoms with Gasteiger partial charge in [-0.15, -0.1) is 0 Å². The molecule has 28 heavy (non-hydrogen) atoms. The van der Waals surface area contributed by atoms with E-state index in [0.29, 0.717) is 5.82 Å². The molecule has 0 saturated carbocycles. The number of hydrogen-bond donors (Lipinski definition) is 1. The second-order valence-corrected chi connectivity index (χ2v) is 6.51. The van der Waals surface area contributed by atoms with Crippen LogP contribution < -0.4 is 19.9 Å². The number of benzene rings is 1. The van der Waals surface area contributed by atoms with E-state index in [1.165, 1.54) is 12.0 Å². The number of anilines is 3. The number of ether oxygens (including phenoxy) is 1. The van der Waals surface area contributed by atoms with Crippen molar-refractivity contribution >= 4 is 23.1 Å². The Morgan fingerprint density at radius 3 is 2.25 bits per heavy atom. The van der Waals surface area contributed by atoms with Crippen LogP contribution in [0.4, 0.5) is 17.2 Å². The Morgan fingerprint density at radius 2 is 1.68 bits per heavy atom. The number of pyridine rings is 1. The maximum atomic E-state index is 12.0. The van der Waals surface area contributed by atoms with Gasteiger partial charge < -0.3 is 24.3 Å². The Kier molecular flexibility index (Phi) is 5.14. The average molecular weight is 378 g/mol. The zero-order valence-corrected chi connectivity index (χ0v) is 15.7. The third-order valence-electron chi connectivity index (χ3n) is 4.82. The first-order valence-corrected chi connectivity index (χ1v) is 9.18. The Hall–Kier alpha value is -3.48. The van der Waals surface area contributed by atoms with Crippen LogP contribution in [-0.2, 0) is 0 Å². The smallest absolute Gasteiger partial charge is 0.292 e. The summed E-state index contributed by atoms with van der Waals surface area (Å²) in [5, 5.41) is 2.73. The van der Waals surface area contributed by atoms with Crippen molar-refractivity contribution in [3.8, 4) is 5.75 Å². The first-order chi connectivity index (χ1) is 13.7. The van der Waals surface area contributed by atoms with E-state index in [1.807, 2.05) is 24.3 Å². The van der Waals surface area contributed by atoms with Crippen molar-refractivity contribution in [3.63, 3.8) is 0 Å². The van der Waals surface area contributed by atoms with Gasteiger partial charge in [0.1, 0.15) is 11.6 Å². The van der Waals surface area contributed by atoms with Crippen LogP contribution >= 0.6 is 0 Å². The number of aromatic nitrogens is 1. The first-order valence-electron chi connectivity index (χ1n) is 9.18. The lowest BCUT2D eigenvalue weighted by atomic mass is 10.2. The summed E-state index contributed by atoms with van der Waals surface area (Å²) >= 11 is 0. The number of rotatable bonds is 5. The van der Waals surface area contributed by atoms with Crippen molar-refractivity contribution in [1.29, 1.82) is 0 Å². The molecule has 7 heteroatoms. The summed E-state index contributed by atoms with van der Waals surface area (Å²) in [5.74, 6) is 1.33. The number of methoxy groups -OCH3 is 1. The highest BCUT2D eigenvalue weighted by atomic mass is 16.5. The fraction of sp³-hybridized carbons (Fsp3) is 0.238. The van der Waals surface area contributed by atoms with Crippen LogP contribution in [0.25, 0.3) is 0 Å². The maximum absolute atomic E-state index is 12.0. The number of furan rings is 1. The van der Waals surface area contributed by atoms with Gasteiger partial charge in [0.25, 0.3) is 5.91 Å². The summed E-state index contributed by atoms with van der Waals surface area (Å²) in [7, 11) is 1.68. The SMILES string of the molecule is COc1ccc(N2CCN(c3ccc(NC(=O)c4ccco4)nc3)CC2)cc1. The van der Waals surface area contributed by atoms with Gasteiger partial charge in [-0.1, -0.05) is 0 Å². The molecular weight excluding hydrogens is 356 g/mol. The summed E-state index contributed by atoms with van der Waals surface area (Å²) < 4.78 is 10.3. The molecule has 0 radical (unpaired) electrons. The molecule has 0 spiro atoms. The van der Waals surface area contributed by atoms with Crippen LogP contribution in [0.1, 0.15) is 10.6 Å². The van der Waals surface area contributed by atoms with E-state index in [-0.39, 0.29) is 11.7 Å². The van der Waals surface area contributed by atoms with E-state index < -0.39 is 0 Å². The van der Waals surface area contributed by atoms with E-state index in [9.17, 15) is 4.79 Å². The molecule has 1 fully saturated rings. The molecule has 0 bridgehead atoms. The number of carbonyl (C=O) groups is 1. The standard InChI is InChI=1S/C21H22N4O3/c1-27-18-7-4-16(5-8-18)24-10-12-25(13-11-24)17-6-9-20(22-15-17)23-21(26)19-3-2-14-28-19/h2-9,14-15H,10-13H2,1H3,(H,22,23,26). The van der Waals surface area contributed by atoms with Crippen molar-refractivity contribution in [2.24, 2.45) is 0 Å². The topological polar surface area (TPSA) is 70.8 Å². The highest BCUT2D eigenvalue weighted by Crippen LogP contribution is 2.23. The molecule has 7 nitrogen and oxygen atoms in total. The molecule has 4 rings (SSSR count). The second kappa shape index (κ2) is 8.04. The van der Waals surface area contributed by atoms with Crippen molar-refractivity contribution in [3.05, 3.63) is 66.8 Å². The Balaban J connectivity index is 1.33. The molecule has 2 aromatic heterocycles. The summed E-state index contributed by atoms with van der Waals surface area (Å²) in [6, 6.07) is 15.2. The molecule has 0 aliphatic carbocycles. The molecule has 3 heterocycles. The first kappa shape index (κ1) is 17.9. The maximum Gasteiger partial charge on any atom is 0.292 e. The summed E-state index contributed by atoms with van der Waals surface area (Å²) in [6.45, 7) is 3.68. The van der Waals surface area contributed by atoms with Gasteiger partial charge in [0, 0.05) is 31.9 Å². The summed E-state index contributed by atoms with van der Waals surface area (Å²) in [4.78, 5) is 21.0. The highest BCUT2D eigenvalue weighted by Gasteiger charge is 2.18. The zero-order valence-electron chi connectivity index (χ0n) is 15.7. The van der Waals surface area contributed by atoms with E-state index in [0.717, 1.165) is 37.6 Å². The molecule has 0 atom stereocenters. The fourth-order valence-corrected chi connectivity index (χ4v) is 3.25. The van der Waals surface area contributed by atoms with Gasteiger partial charge >= 0.3 is 0 Å². The third kappa shape index (κ3) is 3.93. The van der Waals surface area contributed by atoms with E-state index in [1.54, 1.807) is 25.4 Å². The molecule has 1 aromatic carbocycles. The number of hydrogen-bond acceptors (Lipinski definition) is 6. The number of carbonyl (C=O) groups excluding carboxylic acids is 1. The molecule has 1 aliphatic rings. The number of nitrogens with one attached hydrogen (secondary N) is 1. The van der Waals surface area contributed by atoms with Gasteiger partial charge in [-0.3, -0.25) is 4.79 Å². The van der Waals surface area contributed by atoms with Crippen LogP contribution in [0.15, 0.2) is 65.4 Å². The Bertz CT molecular complexity index is 900. The second-order valence-electron chi connectivity index (χ2n) is 6.51. The van der Waals surface area contributed by atoms with Gasteiger partial charge in [0.05, 0.1) is 25.3 Å². The molecular formula is C21H22N4O3. The minimum absolute atomic E-state index is 0.264. The Labute approximate surface area is 163 Å².